The van der Waals surface area contributed by atoms with Gasteiger partial charge in [0.25, 0.3) is 0 Å². The van der Waals surface area contributed by atoms with E-state index in [-0.39, 0.29) is 17.9 Å². The molecule has 1 amide bonds. The molecule has 1 aliphatic rings. The lowest BCUT2D eigenvalue weighted by Gasteiger charge is -2.21. The van der Waals surface area contributed by atoms with Crippen molar-refractivity contribution in [1.82, 2.24) is 5.32 Å². The number of thioether (sulfide) groups is 1. The summed E-state index contributed by atoms with van der Waals surface area (Å²) >= 11 is 7.65. The van der Waals surface area contributed by atoms with E-state index in [9.17, 15) is 4.79 Å². The molecule has 2 nitrogen and oxygen atoms in total. The molecule has 82 valence electrons. The fourth-order valence-corrected chi connectivity index (χ4v) is 3.08. The second kappa shape index (κ2) is 5.86. The Morgan fingerprint density at radius 3 is 2.79 bits per heavy atom. The van der Waals surface area contributed by atoms with E-state index in [0.717, 1.165) is 17.9 Å². The summed E-state index contributed by atoms with van der Waals surface area (Å²) in [7, 11) is 0. The zero-order valence-corrected chi connectivity index (χ0v) is 10.3. The number of rotatable bonds is 4. The van der Waals surface area contributed by atoms with Crippen LogP contribution >= 0.6 is 23.4 Å². The Morgan fingerprint density at radius 2 is 2.36 bits per heavy atom. The minimum absolute atomic E-state index is 0.120. The Morgan fingerprint density at radius 1 is 1.64 bits per heavy atom. The summed E-state index contributed by atoms with van der Waals surface area (Å²) in [6.07, 6.45) is 1.02. The Labute approximate surface area is 95.2 Å². The molecule has 0 aromatic carbocycles. The second-order valence-electron chi connectivity index (χ2n) is 4.07. The molecule has 0 aliphatic carbocycles. The molecule has 14 heavy (non-hydrogen) atoms. The Balaban J connectivity index is 2.37. The molecule has 0 aromatic rings. The Bertz CT molecular complexity index is 193. The summed E-state index contributed by atoms with van der Waals surface area (Å²) < 4.78 is 0. The fourth-order valence-electron chi connectivity index (χ4n) is 1.43. The first-order valence-electron chi connectivity index (χ1n) is 5.09. The van der Waals surface area contributed by atoms with Gasteiger partial charge in [-0.2, -0.15) is 11.8 Å². The van der Waals surface area contributed by atoms with E-state index in [1.165, 1.54) is 0 Å². The van der Waals surface area contributed by atoms with Gasteiger partial charge in [-0.1, -0.05) is 13.8 Å². The predicted molar refractivity (Wildman–Crippen MR) is 62.9 cm³/mol. The lowest BCUT2D eigenvalue weighted by molar-refractivity contribution is -0.125. The molecular formula is C10H18ClNOS. The minimum atomic E-state index is 0.120. The number of carbonyl (C=O) groups excluding carboxylic acids is 1. The van der Waals surface area contributed by atoms with E-state index in [0.29, 0.717) is 11.8 Å². The highest BCUT2D eigenvalue weighted by molar-refractivity contribution is 7.99. The zero-order valence-electron chi connectivity index (χ0n) is 8.75. The van der Waals surface area contributed by atoms with Crippen LogP contribution in [0, 0.1) is 11.8 Å². The number of alkyl halides is 1. The van der Waals surface area contributed by atoms with Crippen molar-refractivity contribution in [2.24, 2.45) is 11.8 Å². The molecule has 1 heterocycles. The maximum atomic E-state index is 11.7. The second-order valence-corrected chi connectivity index (χ2v) is 5.53. The summed E-state index contributed by atoms with van der Waals surface area (Å²) in [5.41, 5.74) is 0. The first kappa shape index (κ1) is 12.2. The summed E-state index contributed by atoms with van der Waals surface area (Å²) in [4.78, 5) is 11.7. The van der Waals surface area contributed by atoms with Crippen LogP contribution in [0.1, 0.15) is 20.3 Å². The number of amides is 1. The van der Waals surface area contributed by atoms with Crippen LogP contribution in [0.5, 0.6) is 0 Å². The van der Waals surface area contributed by atoms with Crippen molar-refractivity contribution in [2.45, 2.75) is 26.3 Å². The summed E-state index contributed by atoms with van der Waals surface area (Å²) in [5.74, 6) is 3.40. The van der Waals surface area contributed by atoms with Crippen LogP contribution in [0.25, 0.3) is 0 Å². The van der Waals surface area contributed by atoms with Gasteiger partial charge < -0.3 is 5.32 Å². The molecule has 0 saturated carbocycles. The van der Waals surface area contributed by atoms with Gasteiger partial charge >= 0.3 is 0 Å². The first-order valence-corrected chi connectivity index (χ1v) is 6.78. The molecule has 0 bridgehead atoms. The molecule has 1 N–H and O–H groups in total. The van der Waals surface area contributed by atoms with Crippen molar-refractivity contribution in [2.75, 3.05) is 17.4 Å². The topological polar surface area (TPSA) is 29.1 Å². The Hall–Kier alpha value is 0.110. The molecule has 0 radical (unpaired) electrons. The molecule has 1 saturated heterocycles. The average molecular weight is 236 g/mol. The normalized spacial score (nSPS) is 23.9. The third-order valence-electron chi connectivity index (χ3n) is 2.60. The largest absolute Gasteiger partial charge is 0.352 e. The van der Waals surface area contributed by atoms with Crippen LogP contribution in [-0.4, -0.2) is 29.3 Å². The SMILES string of the molecule is CC(C)C(CCl)NC(=O)C1CCSC1. The van der Waals surface area contributed by atoms with Gasteiger partial charge in [-0.25, -0.2) is 0 Å². The van der Waals surface area contributed by atoms with Crippen LogP contribution in [0.15, 0.2) is 0 Å². The molecule has 0 spiro atoms. The van der Waals surface area contributed by atoms with E-state index in [1.807, 2.05) is 11.8 Å². The van der Waals surface area contributed by atoms with Crippen LogP contribution < -0.4 is 5.32 Å². The highest BCUT2D eigenvalue weighted by Crippen LogP contribution is 2.23. The van der Waals surface area contributed by atoms with Gasteiger partial charge in [-0.05, 0) is 18.1 Å². The molecule has 2 unspecified atom stereocenters. The maximum absolute atomic E-state index is 11.7. The van der Waals surface area contributed by atoms with Crippen LogP contribution in [0.2, 0.25) is 0 Å². The number of halogens is 1. The summed E-state index contributed by atoms with van der Waals surface area (Å²) in [5, 5.41) is 3.02. The van der Waals surface area contributed by atoms with Gasteiger partial charge in [-0.15, -0.1) is 11.6 Å². The van der Waals surface area contributed by atoms with Crippen LogP contribution in [0.3, 0.4) is 0 Å². The van der Waals surface area contributed by atoms with E-state index < -0.39 is 0 Å². The number of hydrogen-bond donors (Lipinski definition) is 1. The average Bonchev–Trinajstić information content (AvgIpc) is 2.65. The fraction of sp³-hybridized carbons (Fsp3) is 0.900. The lowest BCUT2D eigenvalue weighted by Crippen LogP contribution is -2.43. The van der Waals surface area contributed by atoms with Gasteiger partial charge in [0.1, 0.15) is 0 Å². The Kier molecular flexibility index (Phi) is 5.10. The van der Waals surface area contributed by atoms with Gasteiger partial charge in [0, 0.05) is 23.6 Å². The predicted octanol–water partition coefficient (Wildman–Crippen LogP) is 2.12. The van der Waals surface area contributed by atoms with Crippen LogP contribution in [0.4, 0.5) is 0 Å². The summed E-state index contributed by atoms with van der Waals surface area (Å²) in [6.45, 7) is 4.16. The third kappa shape index (κ3) is 3.35. The van der Waals surface area contributed by atoms with Crippen molar-refractivity contribution in [3.63, 3.8) is 0 Å². The highest BCUT2D eigenvalue weighted by atomic mass is 35.5. The van der Waals surface area contributed by atoms with E-state index in [4.69, 9.17) is 11.6 Å². The summed E-state index contributed by atoms with van der Waals surface area (Å²) in [6, 6.07) is 0.120. The molecule has 2 atom stereocenters. The van der Waals surface area contributed by atoms with Crippen molar-refractivity contribution in [3.05, 3.63) is 0 Å². The third-order valence-corrected chi connectivity index (χ3v) is 4.09. The standard InChI is InChI=1S/C10H18ClNOS/c1-7(2)9(5-11)12-10(13)8-3-4-14-6-8/h7-9H,3-6H2,1-2H3,(H,12,13). The van der Waals surface area contributed by atoms with Crippen LogP contribution in [-0.2, 0) is 4.79 Å². The number of nitrogens with one attached hydrogen (secondary N) is 1. The smallest absolute Gasteiger partial charge is 0.224 e. The number of carbonyl (C=O) groups is 1. The first-order chi connectivity index (χ1) is 6.65. The maximum Gasteiger partial charge on any atom is 0.224 e. The van der Waals surface area contributed by atoms with Gasteiger partial charge in [-0.3, -0.25) is 4.79 Å². The molecule has 1 aliphatic heterocycles. The minimum Gasteiger partial charge on any atom is -0.352 e. The van der Waals surface area contributed by atoms with Gasteiger partial charge in [0.15, 0.2) is 0 Å². The highest BCUT2D eigenvalue weighted by Gasteiger charge is 2.25. The van der Waals surface area contributed by atoms with Crippen molar-refractivity contribution < 1.29 is 4.79 Å². The van der Waals surface area contributed by atoms with Gasteiger partial charge in [0.05, 0.1) is 0 Å². The van der Waals surface area contributed by atoms with E-state index >= 15 is 0 Å². The number of hydrogen-bond acceptors (Lipinski definition) is 2. The van der Waals surface area contributed by atoms with E-state index in [2.05, 4.69) is 19.2 Å². The van der Waals surface area contributed by atoms with Gasteiger partial charge in [0.2, 0.25) is 5.91 Å². The molecule has 1 rings (SSSR count). The monoisotopic (exact) mass is 235 g/mol. The van der Waals surface area contributed by atoms with Crippen molar-refractivity contribution in [3.8, 4) is 0 Å². The zero-order chi connectivity index (χ0) is 10.6. The molecular weight excluding hydrogens is 218 g/mol. The molecule has 1 fully saturated rings. The molecule has 0 aromatic heterocycles. The molecule has 4 heteroatoms. The quantitative estimate of drug-likeness (QED) is 0.757. The lowest BCUT2D eigenvalue weighted by atomic mass is 10.0. The van der Waals surface area contributed by atoms with E-state index in [1.54, 1.807) is 0 Å². The van der Waals surface area contributed by atoms with Crippen molar-refractivity contribution in [1.29, 1.82) is 0 Å². The van der Waals surface area contributed by atoms with Crippen molar-refractivity contribution >= 4 is 29.3 Å².